The minimum atomic E-state index is 0.505. The minimum Gasteiger partial charge on any atom is -0.364 e. The predicted octanol–water partition coefficient (Wildman–Crippen LogP) is 5.40. The second-order valence-electron chi connectivity index (χ2n) is 6.24. The molecule has 0 aliphatic heterocycles. The van der Waals surface area contributed by atoms with E-state index in [-0.39, 0.29) is 0 Å². The largest absolute Gasteiger partial charge is 0.364 e. The minimum absolute atomic E-state index is 0.505. The molecule has 124 valence electrons. The van der Waals surface area contributed by atoms with Crippen LogP contribution in [-0.4, -0.2) is 20.4 Å². The van der Waals surface area contributed by atoms with E-state index in [4.69, 9.17) is 16.6 Å². The topological polar surface area (TPSA) is 42.2 Å². The molecule has 0 atom stereocenters. The highest BCUT2D eigenvalue weighted by atomic mass is 127. The first-order chi connectivity index (χ1) is 11.7. The number of fused-ring (bicyclic) bond motifs is 1. The van der Waals surface area contributed by atoms with E-state index in [9.17, 15) is 0 Å². The number of nitrogens with zero attached hydrogens (tertiary/aromatic N) is 3. The van der Waals surface area contributed by atoms with Crippen molar-refractivity contribution in [2.45, 2.75) is 38.1 Å². The molecule has 2 heterocycles. The molecule has 1 aliphatic rings. The van der Waals surface area contributed by atoms with Crippen LogP contribution in [0.15, 0.2) is 36.7 Å². The summed E-state index contributed by atoms with van der Waals surface area (Å²) < 4.78 is 3.15. The molecule has 1 aromatic carbocycles. The van der Waals surface area contributed by atoms with Crippen LogP contribution >= 0.6 is 34.2 Å². The highest BCUT2D eigenvalue weighted by Gasteiger charge is 2.17. The van der Waals surface area contributed by atoms with Crippen molar-refractivity contribution in [3.05, 3.63) is 45.4 Å². The molecule has 0 bridgehead atoms. The van der Waals surface area contributed by atoms with Gasteiger partial charge in [0.25, 0.3) is 0 Å². The van der Waals surface area contributed by atoms with Crippen LogP contribution in [0, 0.1) is 3.70 Å². The zero-order valence-corrected chi connectivity index (χ0v) is 16.1. The summed E-state index contributed by atoms with van der Waals surface area (Å²) in [6.45, 7) is 0. The summed E-state index contributed by atoms with van der Waals surface area (Å²) in [6, 6.07) is 8.29. The van der Waals surface area contributed by atoms with Gasteiger partial charge in [0.15, 0.2) is 11.5 Å². The van der Waals surface area contributed by atoms with Crippen LogP contribution in [0.4, 0.5) is 5.82 Å². The fraction of sp³-hybridized carbons (Fsp3) is 0.333. The van der Waals surface area contributed by atoms with Gasteiger partial charge in [0.2, 0.25) is 0 Å². The number of hydrogen-bond donors (Lipinski definition) is 1. The highest BCUT2D eigenvalue weighted by molar-refractivity contribution is 14.1. The van der Waals surface area contributed by atoms with Crippen molar-refractivity contribution in [3.8, 4) is 11.3 Å². The quantitative estimate of drug-likeness (QED) is 0.541. The van der Waals surface area contributed by atoms with Gasteiger partial charge in [-0.1, -0.05) is 43.0 Å². The summed E-state index contributed by atoms with van der Waals surface area (Å²) in [5.41, 5.74) is 2.88. The monoisotopic (exact) mass is 452 g/mol. The van der Waals surface area contributed by atoms with E-state index in [2.05, 4.69) is 43.5 Å². The van der Waals surface area contributed by atoms with Crippen LogP contribution in [0.25, 0.3) is 16.9 Å². The third kappa shape index (κ3) is 3.24. The van der Waals surface area contributed by atoms with E-state index in [1.54, 1.807) is 0 Å². The van der Waals surface area contributed by atoms with Crippen molar-refractivity contribution in [1.82, 2.24) is 14.4 Å². The van der Waals surface area contributed by atoms with Crippen molar-refractivity contribution >= 4 is 45.7 Å². The van der Waals surface area contributed by atoms with Gasteiger partial charge in [-0.05, 0) is 47.6 Å². The van der Waals surface area contributed by atoms with Gasteiger partial charge in [0.05, 0.1) is 11.9 Å². The van der Waals surface area contributed by atoms with E-state index in [1.807, 2.05) is 30.5 Å². The summed E-state index contributed by atoms with van der Waals surface area (Å²) in [5, 5.41) is 4.34. The summed E-state index contributed by atoms with van der Waals surface area (Å²) >= 11 is 8.29. The number of benzene rings is 1. The fourth-order valence-corrected chi connectivity index (χ4v) is 3.88. The molecular weight excluding hydrogens is 435 g/mol. The second kappa shape index (κ2) is 6.88. The first kappa shape index (κ1) is 16.1. The van der Waals surface area contributed by atoms with Gasteiger partial charge in [0.1, 0.15) is 3.70 Å². The highest BCUT2D eigenvalue weighted by Crippen LogP contribution is 2.27. The molecule has 1 N–H and O–H groups in total. The molecule has 1 saturated carbocycles. The summed E-state index contributed by atoms with van der Waals surface area (Å²) in [5.74, 6) is 0.877. The van der Waals surface area contributed by atoms with Crippen molar-refractivity contribution in [3.63, 3.8) is 0 Å². The molecule has 1 aliphatic carbocycles. The molecular formula is C18H18ClIN4. The van der Waals surface area contributed by atoms with Gasteiger partial charge < -0.3 is 5.32 Å². The number of rotatable bonds is 3. The van der Waals surface area contributed by atoms with Crippen LogP contribution in [0.2, 0.25) is 5.02 Å². The standard InChI is InChI=1S/C18H18ClIN4/c19-13-8-6-12(7-9-13)15-11-24-16(20)10-21-17(18(24)23-15)22-14-4-2-1-3-5-14/h6-11,14H,1-5H2,(H,21,22). The molecule has 0 unspecified atom stereocenters. The average Bonchev–Trinajstić information content (AvgIpc) is 3.05. The molecule has 0 saturated heterocycles. The van der Waals surface area contributed by atoms with E-state index in [1.165, 1.54) is 32.1 Å². The molecule has 4 rings (SSSR count). The van der Waals surface area contributed by atoms with E-state index in [0.29, 0.717) is 6.04 Å². The Bertz CT molecular complexity index is 853. The first-order valence-corrected chi connectivity index (χ1v) is 9.72. The van der Waals surface area contributed by atoms with Crippen molar-refractivity contribution in [1.29, 1.82) is 0 Å². The first-order valence-electron chi connectivity index (χ1n) is 8.27. The third-order valence-corrected chi connectivity index (χ3v) is 5.58. The van der Waals surface area contributed by atoms with Crippen molar-refractivity contribution in [2.75, 3.05) is 5.32 Å². The lowest BCUT2D eigenvalue weighted by Crippen LogP contribution is -2.23. The summed E-state index contributed by atoms with van der Waals surface area (Å²) in [7, 11) is 0. The van der Waals surface area contributed by atoms with Crippen LogP contribution in [0.1, 0.15) is 32.1 Å². The summed E-state index contributed by atoms with van der Waals surface area (Å²) in [4.78, 5) is 9.43. The van der Waals surface area contributed by atoms with Gasteiger partial charge in [-0.15, -0.1) is 0 Å². The lowest BCUT2D eigenvalue weighted by molar-refractivity contribution is 0.462. The predicted molar refractivity (Wildman–Crippen MR) is 107 cm³/mol. The molecule has 3 aromatic rings. The van der Waals surface area contributed by atoms with E-state index in [0.717, 1.165) is 31.4 Å². The number of nitrogens with one attached hydrogen (secondary N) is 1. The maximum atomic E-state index is 5.99. The molecule has 24 heavy (non-hydrogen) atoms. The van der Waals surface area contributed by atoms with Gasteiger partial charge in [-0.2, -0.15) is 0 Å². The van der Waals surface area contributed by atoms with E-state index >= 15 is 0 Å². The Morgan fingerprint density at radius 3 is 2.62 bits per heavy atom. The Morgan fingerprint density at radius 2 is 1.88 bits per heavy atom. The molecule has 0 amide bonds. The number of aromatic nitrogens is 3. The fourth-order valence-electron chi connectivity index (χ4n) is 3.25. The Hall–Kier alpha value is -1.34. The average molecular weight is 453 g/mol. The van der Waals surface area contributed by atoms with Crippen LogP contribution in [-0.2, 0) is 0 Å². The molecule has 2 aromatic heterocycles. The number of anilines is 1. The lowest BCUT2D eigenvalue weighted by atomic mass is 9.95. The van der Waals surface area contributed by atoms with Crippen molar-refractivity contribution in [2.24, 2.45) is 0 Å². The molecule has 6 heteroatoms. The summed E-state index contributed by atoms with van der Waals surface area (Å²) in [6.07, 6.45) is 10.3. The van der Waals surface area contributed by atoms with Crippen molar-refractivity contribution < 1.29 is 0 Å². The maximum Gasteiger partial charge on any atom is 0.181 e. The third-order valence-electron chi connectivity index (χ3n) is 4.53. The van der Waals surface area contributed by atoms with Gasteiger partial charge >= 0.3 is 0 Å². The zero-order chi connectivity index (χ0) is 16.5. The van der Waals surface area contributed by atoms with Gasteiger partial charge in [0, 0.05) is 22.8 Å². The normalized spacial score (nSPS) is 15.8. The SMILES string of the molecule is Clc1ccc(-c2cn3c(I)cnc(NC4CCCCC4)c3n2)cc1. The van der Waals surface area contributed by atoms with Gasteiger partial charge in [-0.3, -0.25) is 4.40 Å². The number of halogens is 2. The zero-order valence-electron chi connectivity index (χ0n) is 13.2. The Morgan fingerprint density at radius 1 is 1.12 bits per heavy atom. The van der Waals surface area contributed by atoms with E-state index < -0.39 is 0 Å². The van der Waals surface area contributed by atoms with Crippen LogP contribution in [0.5, 0.6) is 0 Å². The Kier molecular flexibility index (Phi) is 4.63. The molecule has 0 spiro atoms. The van der Waals surface area contributed by atoms with Gasteiger partial charge in [-0.25, -0.2) is 9.97 Å². The lowest BCUT2D eigenvalue weighted by Gasteiger charge is -2.23. The van der Waals surface area contributed by atoms with Crippen LogP contribution in [0.3, 0.4) is 0 Å². The number of hydrogen-bond acceptors (Lipinski definition) is 3. The molecule has 1 fully saturated rings. The smallest absolute Gasteiger partial charge is 0.181 e. The maximum absolute atomic E-state index is 5.99. The second-order valence-corrected chi connectivity index (χ2v) is 7.78. The molecule has 0 radical (unpaired) electrons. The number of imidazole rings is 1. The molecule has 4 nitrogen and oxygen atoms in total. The Labute approximate surface area is 159 Å². The van der Waals surface area contributed by atoms with Crippen LogP contribution < -0.4 is 5.32 Å². The Balaban J connectivity index is 1.72.